The van der Waals surface area contributed by atoms with Crippen LogP contribution in [0.3, 0.4) is 0 Å². The Hall–Kier alpha value is -1.87. The van der Waals surface area contributed by atoms with Gasteiger partial charge in [0.1, 0.15) is 11.1 Å². The molecule has 0 spiro atoms. The largest absolute Gasteiger partial charge is 0.338 e. The summed E-state index contributed by atoms with van der Waals surface area (Å²) in [5, 5.41) is 13.6. The minimum absolute atomic E-state index is 0.519. The molecule has 0 aliphatic carbocycles. The summed E-state index contributed by atoms with van der Waals surface area (Å²) in [7, 11) is 0. The number of aryl methyl sites for hydroxylation is 3. The fourth-order valence-electron chi connectivity index (χ4n) is 1.57. The zero-order chi connectivity index (χ0) is 13.1. The maximum Gasteiger partial charge on any atom is 0.237 e. The molecule has 0 amide bonds. The van der Waals surface area contributed by atoms with Crippen molar-refractivity contribution < 1.29 is 4.52 Å². The van der Waals surface area contributed by atoms with Crippen molar-refractivity contribution in [1.29, 1.82) is 5.26 Å². The van der Waals surface area contributed by atoms with Gasteiger partial charge in [0.15, 0.2) is 5.82 Å². The summed E-state index contributed by atoms with van der Waals surface area (Å²) in [4.78, 5) is 8.49. The van der Waals surface area contributed by atoms with E-state index in [1.807, 2.05) is 19.9 Å². The molecular formula is C12H12N4OS. The summed E-state index contributed by atoms with van der Waals surface area (Å²) in [6, 6.07) is 4.08. The Balaban J connectivity index is 2.21. The van der Waals surface area contributed by atoms with E-state index < -0.39 is 0 Å². The first-order valence-corrected chi connectivity index (χ1v) is 6.39. The van der Waals surface area contributed by atoms with E-state index in [9.17, 15) is 0 Å². The lowest BCUT2D eigenvalue weighted by Gasteiger charge is -2.05. The number of nitriles is 1. The van der Waals surface area contributed by atoms with Gasteiger partial charge in [-0.1, -0.05) is 16.9 Å². The fraction of sp³-hybridized carbons (Fsp3) is 0.333. The van der Waals surface area contributed by atoms with Gasteiger partial charge in [-0.05, 0) is 32.4 Å². The molecule has 0 atom stereocenters. The predicted octanol–water partition coefficient (Wildman–Crippen LogP) is 2.55. The van der Waals surface area contributed by atoms with Gasteiger partial charge in [-0.25, -0.2) is 4.98 Å². The molecule has 0 aromatic carbocycles. The molecule has 0 unspecified atom stereocenters. The average Bonchev–Trinajstić information content (AvgIpc) is 2.72. The molecule has 0 saturated carbocycles. The Bertz CT molecular complexity index is 615. The second kappa shape index (κ2) is 5.19. The molecule has 2 aromatic rings. The molecule has 5 nitrogen and oxygen atoms in total. The van der Waals surface area contributed by atoms with Gasteiger partial charge in [0.05, 0.1) is 11.3 Å². The van der Waals surface area contributed by atoms with Gasteiger partial charge >= 0.3 is 0 Å². The highest BCUT2D eigenvalue weighted by Crippen LogP contribution is 2.26. The Labute approximate surface area is 109 Å². The van der Waals surface area contributed by atoms with E-state index in [1.165, 1.54) is 11.8 Å². The van der Waals surface area contributed by atoms with Crippen molar-refractivity contribution >= 4 is 11.8 Å². The molecule has 6 heteroatoms. The third kappa shape index (κ3) is 2.68. The van der Waals surface area contributed by atoms with Crippen LogP contribution in [0.2, 0.25) is 0 Å². The van der Waals surface area contributed by atoms with E-state index >= 15 is 0 Å². The van der Waals surface area contributed by atoms with Crippen molar-refractivity contribution in [2.24, 2.45) is 0 Å². The van der Waals surface area contributed by atoms with Crippen LogP contribution in [0.25, 0.3) is 0 Å². The molecule has 2 rings (SSSR count). The van der Waals surface area contributed by atoms with Crippen molar-refractivity contribution in [2.45, 2.75) is 31.6 Å². The third-order valence-electron chi connectivity index (χ3n) is 2.33. The van der Waals surface area contributed by atoms with Crippen LogP contribution in [0, 0.1) is 32.1 Å². The van der Waals surface area contributed by atoms with Crippen LogP contribution in [0.15, 0.2) is 15.6 Å². The summed E-state index contributed by atoms with van der Waals surface area (Å²) >= 11 is 1.44. The molecule has 0 bridgehead atoms. The Kier molecular flexibility index (Phi) is 3.63. The normalized spacial score (nSPS) is 10.3. The Morgan fingerprint density at radius 2 is 2.11 bits per heavy atom. The van der Waals surface area contributed by atoms with Gasteiger partial charge in [-0.15, -0.1) is 0 Å². The zero-order valence-electron chi connectivity index (χ0n) is 10.4. The molecule has 2 aromatic heterocycles. The van der Waals surface area contributed by atoms with Crippen molar-refractivity contribution in [3.05, 3.63) is 34.6 Å². The van der Waals surface area contributed by atoms with Crippen LogP contribution < -0.4 is 0 Å². The van der Waals surface area contributed by atoms with Crippen LogP contribution in [0.4, 0.5) is 0 Å². The van der Waals surface area contributed by atoms with Gasteiger partial charge in [-0.3, -0.25) is 0 Å². The number of hydrogen-bond donors (Lipinski definition) is 0. The molecule has 0 radical (unpaired) electrons. The Morgan fingerprint density at radius 1 is 1.33 bits per heavy atom. The molecule has 92 valence electrons. The van der Waals surface area contributed by atoms with Crippen LogP contribution in [0.1, 0.15) is 28.5 Å². The predicted molar refractivity (Wildman–Crippen MR) is 67.0 cm³/mol. The number of thioether (sulfide) groups is 1. The quantitative estimate of drug-likeness (QED) is 0.789. The van der Waals surface area contributed by atoms with E-state index in [0.717, 1.165) is 11.3 Å². The first kappa shape index (κ1) is 12.6. The van der Waals surface area contributed by atoms with Gasteiger partial charge < -0.3 is 4.52 Å². The zero-order valence-corrected chi connectivity index (χ0v) is 11.2. The number of pyridine rings is 1. The van der Waals surface area contributed by atoms with E-state index in [0.29, 0.717) is 28.1 Å². The topological polar surface area (TPSA) is 75.6 Å². The molecule has 0 aliphatic rings. The van der Waals surface area contributed by atoms with Gasteiger partial charge in [0.2, 0.25) is 5.89 Å². The first-order chi connectivity index (χ1) is 8.60. The highest BCUT2D eigenvalue weighted by Gasteiger charge is 2.11. The number of nitrogens with zero attached hydrogens (tertiary/aromatic N) is 4. The van der Waals surface area contributed by atoms with E-state index in [1.54, 1.807) is 6.92 Å². The van der Waals surface area contributed by atoms with E-state index in [-0.39, 0.29) is 0 Å². The number of rotatable bonds is 3. The van der Waals surface area contributed by atoms with Crippen molar-refractivity contribution in [2.75, 3.05) is 0 Å². The van der Waals surface area contributed by atoms with E-state index in [4.69, 9.17) is 9.78 Å². The minimum Gasteiger partial charge on any atom is -0.338 e. The Morgan fingerprint density at radius 3 is 2.72 bits per heavy atom. The summed E-state index contributed by atoms with van der Waals surface area (Å²) in [5.74, 6) is 1.67. The summed E-state index contributed by atoms with van der Waals surface area (Å²) in [6.45, 7) is 5.59. The molecule has 2 heterocycles. The second-order valence-electron chi connectivity index (χ2n) is 3.90. The third-order valence-corrected chi connectivity index (χ3v) is 3.29. The molecule has 0 N–H and O–H groups in total. The number of hydrogen-bond acceptors (Lipinski definition) is 6. The number of aromatic nitrogens is 3. The molecule has 0 saturated heterocycles. The smallest absolute Gasteiger partial charge is 0.237 e. The van der Waals surface area contributed by atoms with Crippen LogP contribution in [0.5, 0.6) is 0 Å². The van der Waals surface area contributed by atoms with Gasteiger partial charge in [-0.2, -0.15) is 10.2 Å². The van der Waals surface area contributed by atoms with Crippen molar-refractivity contribution in [1.82, 2.24) is 15.1 Å². The average molecular weight is 260 g/mol. The minimum atomic E-state index is 0.519. The highest BCUT2D eigenvalue weighted by molar-refractivity contribution is 7.98. The lowest BCUT2D eigenvalue weighted by molar-refractivity contribution is 0.387. The lowest BCUT2D eigenvalue weighted by atomic mass is 10.1. The highest BCUT2D eigenvalue weighted by atomic mass is 32.2. The molecule has 0 aliphatic heterocycles. The molecule has 0 fully saturated rings. The summed E-state index contributed by atoms with van der Waals surface area (Å²) < 4.78 is 5.03. The van der Waals surface area contributed by atoms with Crippen LogP contribution >= 0.6 is 11.8 Å². The van der Waals surface area contributed by atoms with Crippen LogP contribution in [-0.2, 0) is 5.75 Å². The lowest BCUT2D eigenvalue weighted by Crippen LogP contribution is -1.94. The monoisotopic (exact) mass is 260 g/mol. The van der Waals surface area contributed by atoms with E-state index in [2.05, 4.69) is 21.2 Å². The summed E-state index contributed by atoms with van der Waals surface area (Å²) in [6.07, 6.45) is 0. The second-order valence-corrected chi connectivity index (χ2v) is 4.86. The van der Waals surface area contributed by atoms with Crippen molar-refractivity contribution in [3.63, 3.8) is 0 Å². The summed E-state index contributed by atoms with van der Waals surface area (Å²) in [5.41, 5.74) is 2.45. The SMILES string of the molecule is Cc1cc(C)c(C#N)c(SCc2nc(C)no2)n1. The maximum absolute atomic E-state index is 9.14. The van der Waals surface area contributed by atoms with Crippen LogP contribution in [-0.4, -0.2) is 15.1 Å². The first-order valence-electron chi connectivity index (χ1n) is 5.40. The fourth-order valence-corrected chi connectivity index (χ4v) is 2.51. The maximum atomic E-state index is 9.14. The molecule has 18 heavy (non-hydrogen) atoms. The van der Waals surface area contributed by atoms with Gasteiger partial charge in [0, 0.05) is 5.69 Å². The molecular weight excluding hydrogens is 248 g/mol. The van der Waals surface area contributed by atoms with Gasteiger partial charge in [0.25, 0.3) is 0 Å². The standard InChI is InChI=1S/C12H12N4OS/c1-7-4-8(2)14-12(10(7)5-13)18-6-11-15-9(3)16-17-11/h4H,6H2,1-3H3. The van der Waals surface area contributed by atoms with Crippen molar-refractivity contribution in [3.8, 4) is 6.07 Å².